The van der Waals surface area contributed by atoms with Crippen LogP contribution in [0.4, 0.5) is 0 Å². The molecule has 1 saturated heterocycles. The van der Waals surface area contributed by atoms with Crippen LogP contribution in [0.1, 0.15) is 36.3 Å². The van der Waals surface area contributed by atoms with Gasteiger partial charge in [-0.15, -0.1) is 0 Å². The van der Waals surface area contributed by atoms with E-state index in [9.17, 15) is 9.59 Å². The molecule has 2 atom stereocenters. The maximum Gasteiger partial charge on any atom is 0.348 e. The Morgan fingerprint density at radius 2 is 2.25 bits per heavy atom. The highest BCUT2D eigenvalue weighted by Gasteiger charge is 2.24. The van der Waals surface area contributed by atoms with Crippen LogP contribution in [0.15, 0.2) is 4.79 Å². The predicted molar refractivity (Wildman–Crippen MR) is 79.5 cm³/mol. The predicted octanol–water partition coefficient (Wildman–Crippen LogP) is 1.80. The normalized spacial score (nSPS) is 20.1. The van der Waals surface area contributed by atoms with Gasteiger partial charge in [0.05, 0.1) is 5.92 Å². The maximum absolute atomic E-state index is 12.1. The molecule has 1 aromatic heterocycles. The van der Waals surface area contributed by atoms with Crippen molar-refractivity contribution in [2.75, 3.05) is 11.5 Å². The summed E-state index contributed by atoms with van der Waals surface area (Å²) in [6.07, 6.45) is 1.39. The number of aliphatic carboxylic acids is 1. The summed E-state index contributed by atoms with van der Waals surface area (Å²) in [5.74, 6) is 0.695. The molecule has 0 aliphatic carbocycles. The number of hydrogen-bond acceptors (Lipinski definition) is 4. The van der Waals surface area contributed by atoms with E-state index in [1.165, 1.54) is 0 Å². The van der Waals surface area contributed by atoms with Gasteiger partial charge in [0.25, 0.3) is 0 Å². The van der Waals surface area contributed by atoms with Crippen molar-refractivity contribution in [1.29, 1.82) is 0 Å². The third kappa shape index (κ3) is 2.90. The third-order valence-electron chi connectivity index (χ3n) is 3.91. The van der Waals surface area contributed by atoms with E-state index >= 15 is 0 Å². The van der Waals surface area contributed by atoms with Crippen molar-refractivity contribution < 1.29 is 9.90 Å². The Morgan fingerprint density at radius 3 is 2.80 bits per heavy atom. The van der Waals surface area contributed by atoms with Crippen molar-refractivity contribution in [3.8, 4) is 0 Å². The summed E-state index contributed by atoms with van der Waals surface area (Å²) in [5.41, 5.74) is 2.22. The number of carboxylic acid groups (broad SMARTS) is 1. The van der Waals surface area contributed by atoms with Crippen LogP contribution in [-0.4, -0.2) is 32.1 Å². The van der Waals surface area contributed by atoms with Gasteiger partial charge in [-0.2, -0.15) is 16.7 Å². The summed E-state index contributed by atoms with van der Waals surface area (Å²) in [6, 6.07) is 0.194. The Balaban J connectivity index is 2.44. The highest BCUT2D eigenvalue weighted by Crippen LogP contribution is 2.28. The number of carbonyl (C=O) groups is 1. The zero-order chi connectivity index (χ0) is 14.9. The van der Waals surface area contributed by atoms with Crippen LogP contribution in [0.2, 0.25) is 0 Å². The minimum absolute atomic E-state index is 0.194. The molecule has 1 N–H and O–H groups in total. The molecule has 1 fully saturated rings. The van der Waals surface area contributed by atoms with Crippen molar-refractivity contribution in [3.63, 3.8) is 0 Å². The molecule has 0 bridgehead atoms. The monoisotopic (exact) mass is 296 g/mol. The van der Waals surface area contributed by atoms with Crippen molar-refractivity contribution >= 4 is 17.7 Å². The van der Waals surface area contributed by atoms with Crippen LogP contribution >= 0.6 is 11.8 Å². The lowest BCUT2D eigenvalue weighted by Gasteiger charge is -2.20. The van der Waals surface area contributed by atoms with E-state index in [0.29, 0.717) is 12.1 Å². The molecule has 5 nitrogen and oxygen atoms in total. The maximum atomic E-state index is 12.1. The summed E-state index contributed by atoms with van der Waals surface area (Å²) in [5, 5.41) is 9.07. The number of carboxylic acids is 1. The van der Waals surface area contributed by atoms with E-state index in [4.69, 9.17) is 5.11 Å². The molecule has 2 heterocycles. The molecule has 1 aromatic rings. The summed E-state index contributed by atoms with van der Waals surface area (Å²) < 4.78 is 1.76. The molecular weight excluding hydrogens is 276 g/mol. The molecular formula is C14H20N2O3S. The molecule has 0 spiro atoms. The second-order valence-corrected chi connectivity index (χ2v) is 6.52. The van der Waals surface area contributed by atoms with Crippen LogP contribution < -0.4 is 5.69 Å². The van der Waals surface area contributed by atoms with E-state index in [1.807, 2.05) is 18.7 Å². The first-order valence-corrected chi connectivity index (χ1v) is 7.96. The van der Waals surface area contributed by atoms with Crippen molar-refractivity contribution in [1.82, 2.24) is 9.55 Å². The first-order chi connectivity index (χ1) is 9.41. The average molecular weight is 296 g/mol. The number of rotatable bonds is 4. The van der Waals surface area contributed by atoms with Gasteiger partial charge in [-0.25, -0.2) is 4.79 Å². The minimum Gasteiger partial charge on any atom is -0.481 e. The van der Waals surface area contributed by atoms with Gasteiger partial charge >= 0.3 is 11.7 Å². The standard InChI is InChI=1S/C14H20N2O3S/c1-8(13(17)18)6-12-9(2)15-14(19)16(10(12)3)11-4-5-20-7-11/h8,11H,4-7H2,1-3H3,(H,17,18). The van der Waals surface area contributed by atoms with Gasteiger partial charge in [0.15, 0.2) is 0 Å². The fraction of sp³-hybridized carbons (Fsp3) is 0.643. The molecule has 2 unspecified atom stereocenters. The van der Waals surface area contributed by atoms with Crippen LogP contribution in [0, 0.1) is 19.8 Å². The smallest absolute Gasteiger partial charge is 0.348 e. The fourth-order valence-electron chi connectivity index (χ4n) is 2.66. The van der Waals surface area contributed by atoms with Gasteiger partial charge < -0.3 is 5.11 Å². The molecule has 0 amide bonds. The molecule has 2 rings (SSSR count). The van der Waals surface area contributed by atoms with E-state index < -0.39 is 11.9 Å². The molecule has 0 radical (unpaired) electrons. The Hall–Kier alpha value is -1.30. The van der Waals surface area contributed by atoms with Crippen LogP contribution in [-0.2, 0) is 11.2 Å². The summed E-state index contributed by atoms with van der Waals surface area (Å²) in [4.78, 5) is 27.3. The quantitative estimate of drug-likeness (QED) is 0.917. The Labute approximate surface area is 122 Å². The van der Waals surface area contributed by atoms with Crippen molar-refractivity contribution in [2.24, 2.45) is 5.92 Å². The molecule has 20 heavy (non-hydrogen) atoms. The molecule has 0 aromatic carbocycles. The minimum atomic E-state index is -0.821. The number of nitrogens with zero attached hydrogens (tertiary/aromatic N) is 2. The topological polar surface area (TPSA) is 72.2 Å². The molecule has 110 valence electrons. The Bertz CT molecular complexity index is 577. The highest BCUT2D eigenvalue weighted by molar-refractivity contribution is 7.99. The zero-order valence-corrected chi connectivity index (χ0v) is 12.9. The summed E-state index contributed by atoms with van der Waals surface area (Å²) in [6.45, 7) is 5.37. The lowest BCUT2D eigenvalue weighted by Crippen LogP contribution is -2.32. The first-order valence-electron chi connectivity index (χ1n) is 6.81. The summed E-state index contributed by atoms with van der Waals surface area (Å²) in [7, 11) is 0. The van der Waals surface area contributed by atoms with Gasteiger partial charge in [-0.3, -0.25) is 9.36 Å². The van der Waals surface area contributed by atoms with Gasteiger partial charge in [0.1, 0.15) is 0 Å². The second-order valence-electron chi connectivity index (χ2n) is 5.37. The van der Waals surface area contributed by atoms with Gasteiger partial charge in [-0.05, 0) is 38.0 Å². The highest BCUT2D eigenvalue weighted by atomic mass is 32.2. The van der Waals surface area contributed by atoms with E-state index in [0.717, 1.165) is 29.2 Å². The van der Waals surface area contributed by atoms with Crippen molar-refractivity contribution in [2.45, 2.75) is 39.7 Å². The number of thioether (sulfide) groups is 1. The second kappa shape index (κ2) is 5.99. The number of hydrogen-bond donors (Lipinski definition) is 1. The largest absolute Gasteiger partial charge is 0.481 e. The molecule has 1 aliphatic heterocycles. The first kappa shape index (κ1) is 15.1. The Morgan fingerprint density at radius 1 is 1.55 bits per heavy atom. The fourth-order valence-corrected chi connectivity index (χ4v) is 3.85. The van der Waals surface area contributed by atoms with Crippen LogP contribution in [0.5, 0.6) is 0 Å². The van der Waals surface area contributed by atoms with Crippen LogP contribution in [0.25, 0.3) is 0 Å². The van der Waals surface area contributed by atoms with Gasteiger partial charge in [0, 0.05) is 23.2 Å². The number of aryl methyl sites for hydroxylation is 1. The SMILES string of the molecule is Cc1nc(=O)n(C2CCSC2)c(C)c1CC(C)C(=O)O. The van der Waals surface area contributed by atoms with Gasteiger partial charge in [-0.1, -0.05) is 6.92 Å². The van der Waals surface area contributed by atoms with E-state index in [1.54, 1.807) is 18.4 Å². The molecule has 6 heteroatoms. The lowest BCUT2D eigenvalue weighted by molar-refractivity contribution is -0.141. The lowest BCUT2D eigenvalue weighted by atomic mass is 9.98. The van der Waals surface area contributed by atoms with E-state index in [-0.39, 0.29) is 11.7 Å². The zero-order valence-electron chi connectivity index (χ0n) is 12.0. The van der Waals surface area contributed by atoms with E-state index in [2.05, 4.69) is 4.98 Å². The van der Waals surface area contributed by atoms with Gasteiger partial charge in [0.2, 0.25) is 0 Å². The summed E-state index contributed by atoms with van der Waals surface area (Å²) >= 11 is 1.84. The van der Waals surface area contributed by atoms with Crippen molar-refractivity contribution in [3.05, 3.63) is 27.4 Å². The number of aromatic nitrogens is 2. The van der Waals surface area contributed by atoms with Crippen LogP contribution in [0.3, 0.4) is 0 Å². The molecule has 1 aliphatic rings. The average Bonchev–Trinajstić information content (AvgIpc) is 2.87. The molecule has 0 saturated carbocycles. The Kier molecular flexibility index (Phi) is 4.52. The third-order valence-corrected chi connectivity index (χ3v) is 5.05.